The van der Waals surface area contributed by atoms with E-state index < -0.39 is 0 Å². The van der Waals surface area contributed by atoms with Gasteiger partial charge in [-0.15, -0.1) is 0 Å². The van der Waals surface area contributed by atoms with Gasteiger partial charge in [0.1, 0.15) is 5.58 Å². The Hall–Kier alpha value is -4.34. The number of rotatable bonds is 8. The molecular formula is C40H39NO2. The second kappa shape index (κ2) is 10.7. The number of hydrogen-bond donors (Lipinski definition) is 0. The summed E-state index contributed by atoms with van der Waals surface area (Å²) < 4.78 is 13.7. The molecule has 0 bridgehead atoms. The Kier molecular flexibility index (Phi) is 6.86. The molecule has 1 aromatic heterocycles. The van der Waals surface area contributed by atoms with E-state index in [1.807, 2.05) is 6.07 Å². The molecule has 7 rings (SSSR count). The van der Waals surface area contributed by atoms with Crippen molar-refractivity contribution in [2.24, 2.45) is 0 Å². The molecule has 0 saturated heterocycles. The summed E-state index contributed by atoms with van der Waals surface area (Å²) >= 11 is 0. The third-order valence-corrected chi connectivity index (χ3v) is 9.74. The maximum absolute atomic E-state index is 7.06. The average molecular weight is 566 g/mol. The third kappa shape index (κ3) is 4.29. The Morgan fingerprint density at radius 1 is 0.535 bits per heavy atom. The van der Waals surface area contributed by atoms with Gasteiger partial charge in [0.15, 0.2) is 5.58 Å². The molecule has 6 aromatic rings. The van der Waals surface area contributed by atoms with Crippen molar-refractivity contribution in [1.82, 2.24) is 0 Å². The summed E-state index contributed by atoms with van der Waals surface area (Å²) in [5.41, 5.74) is 9.54. The van der Waals surface area contributed by atoms with E-state index in [9.17, 15) is 0 Å². The van der Waals surface area contributed by atoms with Gasteiger partial charge in [0.2, 0.25) is 0 Å². The molecule has 0 fully saturated rings. The van der Waals surface area contributed by atoms with Crippen molar-refractivity contribution in [2.45, 2.75) is 64.6 Å². The third-order valence-electron chi connectivity index (χ3n) is 9.74. The van der Waals surface area contributed by atoms with Crippen molar-refractivity contribution < 1.29 is 9.15 Å². The molecule has 0 aliphatic carbocycles. The molecule has 1 aliphatic rings. The molecule has 0 atom stereocenters. The summed E-state index contributed by atoms with van der Waals surface area (Å²) in [5, 5.41) is 2.24. The average Bonchev–Trinajstić information content (AvgIpc) is 3.59. The van der Waals surface area contributed by atoms with Crippen molar-refractivity contribution in [1.29, 1.82) is 0 Å². The molecule has 1 aliphatic heterocycles. The van der Waals surface area contributed by atoms with Crippen molar-refractivity contribution >= 4 is 39.0 Å². The van der Waals surface area contributed by atoms with Crippen LogP contribution in [0.4, 0.5) is 17.1 Å². The number of benzene rings is 5. The van der Waals surface area contributed by atoms with Crippen LogP contribution in [0.3, 0.4) is 0 Å². The van der Waals surface area contributed by atoms with Gasteiger partial charge >= 0.3 is 0 Å². The van der Waals surface area contributed by atoms with E-state index in [-0.39, 0.29) is 11.2 Å². The standard InChI is InChI=1S/C40H39NO2/c1-5-39(6-2)34-24-23-28(26-35(34)40(7-3,8-4)43-39)29-25-33-32-21-15-16-22-37(32)42-38(33)36(27-29)41(30-17-11-9-12-18-30)31-19-13-10-14-20-31/h9-27H,5-8H2,1-4H3. The lowest BCUT2D eigenvalue weighted by Crippen LogP contribution is -2.31. The molecule has 0 saturated carbocycles. The van der Waals surface area contributed by atoms with Gasteiger partial charge in [-0.1, -0.05) is 94.4 Å². The van der Waals surface area contributed by atoms with Crippen molar-refractivity contribution in [3.05, 3.63) is 126 Å². The van der Waals surface area contributed by atoms with Crippen LogP contribution in [0.2, 0.25) is 0 Å². The minimum atomic E-state index is -0.271. The van der Waals surface area contributed by atoms with Gasteiger partial charge in [0, 0.05) is 22.1 Å². The first-order valence-electron chi connectivity index (χ1n) is 15.8. The first-order valence-corrected chi connectivity index (χ1v) is 15.8. The first-order chi connectivity index (χ1) is 21.1. The second-order valence-corrected chi connectivity index (χ2v) is 11.7. The summed E-state index contributed by atoms with van der Waals surface area (Å²) in [6.45, 7) is 9.05. The molecular weight excluding hydrogens is 526 g/mol. The van der Waals surface area contributed by atoms with Gasteiger partial charge in [-0.05, 0) is 96.5 Å². The van der Waals surface area contributed by atoms with Gasteiger partial charge < -0.3 is 14.1 Å². The van der Waals surface area contributed by atoms with Gasteiger partial charge in [0.25, 0.3) is 0 Å². The summed E-state index contributed by atoms with van der Waals surface area (Å²) in [6.07, 6.45) is 3.85. The Bertz CT molecular complexity index is 1860. The van der Waals surface area contributed by atoms with Crippen molar-refractivity contribution in [3.8, 4) is 11.1 Å². The highest BCUT2D eigenvalue weighted by Crippen LogP contribution is 2.55. The predicted molar refractivity (Wildman–Crippen MR) is 179 cm³/mol. The maximum Gasteiger partial charge on any atom is 0.159 e. The van der Waals surface area contributed by atoms with Crippen LogP contribution in [0.5, 0.6) is 0 Å². The molecule has 0 unspecified atom stereocenters. The van der Waals surface area contributed by atoms with Crippen LogP contribution in [0.15, 0.2) is 120 Å². The van der Waals surface area contributed by atoms with Crippen LogP contribution in [-0.2, 0) is 15.9 Å². The van der Waals surface area contributed by atoms with Crippen LogP contribution in [0.1, 0.15) is 64.5 Å². The molecule has 0 amide bonds. The fraction of sp³-hybridized carbons (Fsp3) is 0.250. The number of ether oxygens (including phenoxy) is 1. The number of hydrogen-bond acceptors (Lipinski definition) is 3. The van der Waals surface area contributed by atoms with Crippen LogP contribution in [0, 0.1) is 0 Å². The zero-order valence-electron chi connectivity index (χ0n) is 25.6. The molecule has 2 heterocycles. The maximum atomic E-state index is 7.06. The molecule has 0 N–H and O–H groups in total. The smallest absolute Gasteiger partial charge is 0.159 e. The zero-order chi connectivity index (χ0) is 29.6. The summed E-state index contributed by atoms with van der Waals surface area (Å²) in [6, 6.07) is 41.2. The molecule has 43 heavy (non-hydrogen) atoms. The lowest BCUT2D eigenvalue weighted by Gasteiger charge is -2.34. The van der Waals surface area contributed by atoms with Crippen molar-refractivity contribution in [3.63, 3.8) is 0 Å². The Labute approximate surface area is 254 Å². The van der Waals surface area contributed by atoms with E-state index in [1.165, 1.54) is 22.3 Å². The topological polar surface area (TPSA) is 25.6 Å². The molecule has 5 aromatic carbocycles. The van der Waals surface area contributed by atoms with E-state index in [2.05, 4.69) is 142 Å². The fourth-order valence-corrected chi connectivity index (χ4v) is 7.26. The Morgan fingerprint density at radius 3 is 1.74 bits per heavy atom. The number of nitrogens with zero attached hydrogens (tertiary/aromatic N) is 1. The lowest BCUT2D eigenvalue weighted by molar-refractivity contribution is -0.151. The van der Waals surface area contributed by atoms with Gasteiger partial charge in [-0.25, -0.2) is 0 Å². The lowest BCUT2D eigenvalue weighted by atomic mass is 9.81. The minimum absolute atomic E-state index is 0.229. The van der Waals surface area contributed by atoms with Crippen LogP contribution < -0.4 is 4.90 Å². The van der Waals surface area contributed by atoms with Crippen LogP contribution in [-0.4, -0.2) is 0 Å². The summed E-state index contributed by atoms with van der Waals surface area (Å²) in [7, 11) is 0. The SMILES string of the molecule is CCC1(CC)OC(CC)(CC)c2cc(-c3cc(N(c4ccccc4)c4ccccc4)c4oc5ccccc5c4c3)ccc21. The quantitative estimate of drug-likeness (QED) is 0.184. The monoisotopic (exact) mass is 565 g/mol. The number of fused-ring (bicyclic) bond motifs is 4. The van der Waals surface area contributed by atoms with Crippen LogP contribution in [0.25, 0.3) is 33.1 Å². The van der Waals surface area contributed by atoms with E-state index in [1.54, 1.807) is 0 Å². The number of para-hydroxylation sites is 3. The van der Waals surface area contributed by atoms with Crippen molar-refractivity contribution in [2.75, 3.05) is 4.90 Å². The van der Waals surface area contributed by atoms with Gasteiger partial charge in [-0.2, -0.15) is 0 Å². The molecule has 3 nitrogen and oxygen atoms in total. The van der Waals surface area contributed by atoms with Gasteiger partial charge in [0.05, 0.1) is 16.9 Å². The van der Waals surface area contributed by atoms with E-state index in [0.29, 0.717) is 0 Å². The predicted octanol–water partition coefficient (Wildman–Crippen LogP) is 11.8. The van der Waals surface area contributed by atoms with Gasteiger partial charge in [-0.3, -0.25) is 0 Å². The zero-order valence-corrected chi connectivity index (χ0v) is 25.6. The normalized spacial score (nSPS) is 15.2. The molecule has 216 valence electrons. The minimum Gasteiger partial charge on any atom is -0.454 e. The number of anilines is 3. The molecule has 0 radical (unpaired) electrons. The Balaban J connectivity index is 1.51. The first kappa shape index (κ1) is 27.5. The summed E-state index contributed by atoms with van der Waals surface area (Å²) in [4.78, 5) is 2.31. The highest BCUT2D eigenvalue weighted by molar-refractivity contribution is 6.12. The second-order valence-electron chi connectivity index (χ2n) is 11.7. The summed E-state index contributed by atoms with van der Waals surface area (Å²) in [5.74, 6) is 0. The fourth-order valence-electron chi connectivity index (χ4n) is 7.26. The number of furan rings is 1. The largest absolute Gasteiger partial charge is 0.454 e. The van der Waals surface area contributed by atoms with E-state index in [0.717, 1.165) is 64.7 Å². The van der Waals surface area contributed by atoms with Crippen LogP contribution >= 0.6 is 0 Å². The highest BCUT2D eigenvalue weighted by atomic mass is 16.5. The van der Waals surface area contributed by atoms with E-state index in [4.69, 9.17) is 9.15 Å². The molecule has 3 heteroatoms. The Morgan fingerprint density at radius 2 is 1.12 bits per heavy atom. The molecule has 0 spiro atoms. The highest BCUT2D eigenvalue weighted by Gasteiger charge is 2.49. The van der Waals surface area contributed by atoms with E-state index >= 15 is 0 Å².